The summed E-state index contributed by atoms with van der Waals surface area (Å²) in [5, 5.41) is 6.71. The summed E-state index contributed by atoms with van der Waals surface area (Å²) in [6.45, 7) is 6.12. The molecule has 2 aromatic carbocycles. The quantitative estimate of drug-likeness (QED) is 0.591. The van der Waals surface area contributed by atoms with E-state index < -0.39 is 0 Å². The summed E-state index contributed by atoms with van der Waals surface area (Å²) >= 11 is 0. The van der Waals surface area contributed by atoms with Crippen LogP contribution in [0.4, 0.5) is 5.69 Å². The molecule has 0 spiro atoms. The van der Waals surface area contributed by atoms with Crippen LogP contribution in [0.5, 0.6) is 5.75 Å². The van der Waals surface area contributed by atoms with Crippen molar-refractivity contribution in [3.05, 3.63) is 59.2 Å². The Morgan fingerprint density at radius 2 is 1.73 bits per heavy atom. The molecule has 0 unspecified atom stereocenters. The molecule has 0 bridgehead atoms. The highest BCUT2D eigenvalue weighted by atomic mass is 16.5. The molecular weight excluding hydrogens is 324 g/mol. The maximum Gasteiger partial charge on any atom is 0.191 e. The molecule has 0 radical (unpaired) electrons. The first-order chi connectivity index (χ1) is 12.5. The third-order valence-corrected chi connectivity index (χ3v) is 4.11. The van der Waals surface area contributed by atoms with Crippen molar-refractivity contribution < 1.29 is 4.74 Å². The molecular formula is C21H30N4O. The molecule has 0 aromatic heterocycles. The Balaban J connectivity index is 1.92. The number of aryl methyl sites for hydroxylation is 1. The van der Waals surface area contributed by atoms with E-state index in [2.05, 4.69) is 69.9 Å². The van der Waals surface area contributed by atoms with E-state index in [0.29, 0.717) is 13.2 Å². The van der Waals surface area contributed by atoms with Crippen LogP contribution in [-0.4, -0.2) is 33.7 Å². The standard InChI is InChI=1S/C21H30N4O/c1-6-26-20-13-16(2)7-10-18(20)15-24-21(22-3)23-14-17-8-11-19(12-9-17)25(4)5/h7-13H,6,14-15H2,1-5H3,(H2,22,23,24). The number of ether oxygens (including phenoxy) is 1. The predicted molar refractivity (Wildman–Crippen MR) is 110 cm³/mol. The van der Waals surface area contributed by atoms with Gasteiger partial charge in [-0.1, -0.05) is 24.3 Å². The second-order valence-electron chi connectivity index (χ2n) is 6.38. The van der Waals surface area contributed by atoms with Crippen molar-refractivity contribution in [1.82, 2.24) is 10.6 Å². The SMILES string of the molecule is CCOc1cc(C)ccc1CNC(=NC)NCc1ccc(N(C)C)cc1. The molecule has 0 saturated heterocycles. The highest BCUT2D eigenvalue weighted by molar-refractivity contribution is 5.79. The molecule has 0 aliphatic rings. The summed E-state index contributed by atoms with van der Waals surface area (Å²) in [5.41, 5.74) is 4.72. The minimum absolute atomic E-state index is 0.659. The zero-order valence-corrected chi connectivity index (χ0v) is 16.5. The largest absolute Gasteiger partial charge is 0.494 e. The number of hydrogen-bond donors (Lipinski definition) is 2. The van der Waals surface area contributed by atoms with E-state index in [1.165, 1.54) is 16.8 Å². The van der Waals surface area contributed by atoms with E-state index in [4.69, 9.17) is 4.74 Å². The number of benzene rings is 2. The molecule has 140 valence electrons. The van der Waals surface area contributed by atoms with E-state index >= 15 is 0 Å². The Hall–Kier alpha value is -2.69. The fourth-order valence-corrected chi connectivity index (χ4v) is 2.59. The minimum atomic E-state index is 0.659. The van der Waals surface area contributed by atoms with E-state index in [9.17, 15) is 0 Å². The van der Waals surface area contributed by atoms with Gasteiger partial charge in [0.25, 0.3) is 0 Å². The predicted octanol–water partition coefficient (Wildman–Crippen LogP) is 3.32. The molecule has 26 heavy (non-hydrogen) atoms. The van der Waals surface area contributed by atoms with E-state index in [0.717, 1.165) is 23.8 Å². The van der Waals surface area contributed by atoms with Crippen LogP contribution in [-0.2, 0) is 13.1 Å². The van der Waals surface area contributed by atoms with Crippen molar-refractivity contribution in [2.45, 2.75) is 26.9 Å². The van der Waals surface area contributed by atoms with Crippen LogP contribution < -0.4 is 20.3 Å². The van der Waals surface area contributed by atoms with Gasteiger partial charge >= 0.3 is 0 Å². The summed E-state index contributed by atoms with van der Waals surface area (Å²) in [6, 6.07) is 14.8. The van der Waals surface area contributed by atoms with Gasteiger partial charge in [-0.2, -0.15) is 0 Å². The Morgan fingerprint density at radius 1 is 1.04 bits per heavy atom. The second kappa shape index (κ2) is 9.70. The smallest absolute Gasteiger partial charge is 0.191 e. The first-order valence-corrected chi connectivity index (χ1v) is 8.96. The molecule has 0 heterocycles. The zero-order valence-electron chi connectivity index (χ0n) is 16.5. The Bertz CT molecular complexity index is 723. The number of guanidine groups is 1. The summed E-state index contributed by atoms with van der Waals surface area (Å²) < 4.78 is 5.74. The van der Waals surface area contributed by atoms with Crippen molar-refractivity contribution in [3.63, 3.8) is 0 Å². The van der Waals surface area contributed by atoms with Crippen LogP contribution in [0.15, 0.2) is 47.5 Å². The number of anilines is 1. The van der Waals surface area contributed by atoms with Crippen molar-refractivity contribution in [3.8, 4) is 5.75 Å². The normalized spacial score (nSPS) is 11.2. The summed E-state index contributed by atoms with van der Waals surface area (Å²) in [7, 11) is 5.87. The van der Waals surface area contributed by atoms with Gasteiger partial charge in [0.05, 0.1) is 6.61 Å². The van der Waals surface area contributed by atoms with E-state index in [1.54, 1.807) is 7.05 Å². The first kappa shape index (κ1) is 19.6. The van der Waals surface area contributed by atoms with Gasteiger partial charge in [0.1, 0.15) is 5.75 Å². The number of hydrogen-bond acceptors (Lipinski definition) is 3. The van der Waals surface area contributed by atoms with Crippen LogP contribution in [0.1, 0.15) is 23.6 Å². The maximum atomic E-state index is 5.74. The first-order valence-electron chi connectivity index (χ1n) is 8.96. The van der Waals surface area contributed by atoms with Crippen molar-refractivity contribution in [2.24, 2.45) is 4.99 Å². The number of aliphatic imine (C=N–C) groups is 1. The van der Waals surface area contributed by atoms with Crippen molar-refractivity contribution in [1.29, 1.82) is 0 Å². The Labute approximate surface area is 157 Å². The molecule has 2 N–H and O–H groups in total. The monoisotopic (exact) mass is 354 g/mol. The average Bonchev–Trinajstić information content (AvgIpc) is 2.64. The van der Waals surface area contributed by atoms with Gasteiger partial charge in [0, 0.05) is 45.5 Å². The lowest BCUT2D eigenvalue weighted by Gasteiger charge is -2.16. The average molecular weight is 354 g/mol. The molecule has 0 aliphatic heterocycles. The molecule has 2 rings (SSSR count). The van der Waals surface area contributed by atoms with E-state index in [1.807, 2.05) is 21.0 Å². The van der Waals surface area contributed by atoms with Gasteiger partial charge in [-0.3, -0.25) is 4.99 Å². The third kappa shape index (κ3) is 5.69. The lowest BCUT2D eigenvalue weighted by atomic mass is 10.1. The van der Waals surface area contributed by atoms with Crippen LogP contribution >= 0.6 is 0 Å². The topological polar surface area (TPSA) is 48.9 Å². The number of nitrogens with zero attached hydrogens (tertiary/aromatic N) is 2. The molecule has 0 atom stereocenters. The molecule has 0 saturated carbocycles. The Morgan fingerprint density at radius 3 is 2.35 bits per heavy atom. The third-order valence-electron chi connectivity index (χ3n) is 4.11. The van der Waals surface area contributed by atoms with Crippen molar-refractivity contribution in [2.75, 3.05) is 32.6 Å². The van der Waals surface area contributed by atoms with Gasteiger partial charge < -0.3 is 20.3 Å². The van der Waals surface area contributed by atoms with Crippen LogP contribution in [0, 0.1) is 6.92 Å². The fraction of sp³-hybridized carbons (Fsp3) is 0.381. The summed E-state index contributed by atoms with van der Waals surface area (Å²) in [5.74, 6) is 1.69. The summed E-state index contributed by atoms with van der Waals surface area (Å²) in [4.78, 5) is 6.40. The Kier molecular flexibility index (Phi) is 7.33. The number of nitrogens with one attached hydrogen (secondary N) is 2. The highest BCUT2D eigenvalue weighted by Gasteiger charge is 2.06. The van der Waals surface area contributed by atoms with Gasteiger partial charge in [-0.15, -0.1) is 0 Å². The molecule has 0 amide bonds. The molecule has 2 aromatic rings. The molecule has 5 nitrogen and oxygen atoms in total. The van der Waals surface area contributed by atoms with Gasteiger partial charge in [0.2, 0.25) is 0 Å². The lowest BCUT2D eigenvalue weighted by molar-refractivity contribution is 0.336. The number of rotatable bonds is 7. The van der Waals surface area contributed by atoms with Gasteiger partial charge in [-0.25, -0.2) is 0 Å². The summed E-state index contributed by atoms with van der Waals surface area (Å²) in [6.07, 6.45) is 0. The van der Waals surface area contributed by atoms with Crippen LogP contribution in [0.2, 0.25) is 0 Å². The highest BCUT2D eigenvalue weighted by Crippen LogP contribution is 2.20. The van der Waals surface area contributed by atoms with Gasteiger partial charge in [-0.05, 0) is 43.2 Å². The minimum Gasteiger partial charge on any atom is -0.494 e. The maximum absolute atomic E-state index is 5.74. The molecule has 0 aliphatic carbocycles. The fourth-order valence-electron chi connectivity index (χ4n) is 2.59. The second-order valence-corrected chi connectivity index (χ2v) is 6.38. The van der Waals surface area contributed by atoms with Gasteiger partial charge in [0.15, 0.2) is 5.96 Å². The molecule has 5 heteroatoms. The molecule has 0 fully saturated rings. The van der Waals surface area contributed by atoms with Crippen LogP contribution in [0.25, 0.3) is 0 Å². The van der Waals surface area contributed by atoms with E-state index in [-0.39, 0.29) is 0 Å². The zero-order chi connectivity index (χ0) is 18.9. The van der Waals surface area contributed by atoms with Crippen LogP contribution in [0.3, 0.4) is 0 Å². The van der Waals surface area contributed by atoms with Crippen molar-refractivity contribution >= 4 is 11.6 Å². The lowest BCUT2D eigenvalue weighted by Crippen LogP contribution is -2.36.